The maximum absolute atomic E-state index is 16.6. The molecule has 5 aliphatic carbocycles. The number of benzene rings is 6. The summed E-state index contributed by atoms with van der Waals surface area (Å²) in [6, 6.07) is 4.61. The van der Waals surface area contributed by atoms with Crippen LogP contribution in [0.3, 0.4) is 0 Å². The molecule has 6 aliphatic heterocycles. The Morgan fingerprint density at radius 1 is 0.615 bits per heavy atom. The van der Waals surface area contributed by atoms with Crippen LogP contribution in [0.15, 0.2) is 97.1 Å². The highest BCUT2D eigenvalue weighted by Crippen LogP contribution is 2.56. The van der Waals surface area contributed by atoms with Gasteiger partial charge in [0.05, 0.1) is 29.1 Å². The fraction of sp³-hybridized carbons (Fsp3) is 0.471. The normalized spacial score (nSPS) is 27.7. The second kappa shape index (κ2) is 37.0. The minimum atomic E-state index is -2.99. The molecule has 0 aromatic heterocycles. The van der Waals surface area contributed by atoms with Gasteiger partial charge in [-0.2, -0.15) is 0 Å². The van der Waals surface area contributed by atoms with Crippen molar-refractivity contribution >= 4 is 76.4 Å². The second-order valence-corrected chi connectivity index (χ2v) is 33.3. The largest absolute Gasteiger partial charge is 0.508 e. The third kappa shape index (κ3) is 18.3. The number of carbonyl (C=O) groups excluding carboxylic acids is 9. The number of likely N-dealkylation sites (N-methyl/N-ethyl adjacent to an activating group) is 3. The lowest BCUT2D eigenvalue weighted by molar-refractivity contribution is -0.277. The number of phenolic OH excluding ortho intramolecular Hbond substituents is 1. The number of ether oxygens (including phenoxy) is 6. The van der Waals surface area contributed by atoms with Crippen LogP contribution in [0.2, 0.25) is 10.0 Å². The third-order valence-corrected chi connectivity index (χ3v) is 24.3. The van der Waals surface area contributed by atoms with Crippen molar-refractivity contribution in [3.8, 4) is 57.1 Å². The standard InChI is InChI=1S/C85H99Cl2N11O24/c1-6-89-16-18-117-57-15-11-42(29-58(57)118-19-17-90-7-2)76(107)92-62(101)34-54-78(109)94-66-45-30-59(119-55-13-9-40(27-51(55)86)70(102)68(82(113)91-54)97-77(108)53(88-5)20-36(3)4)75(122-84-74(106)73(105)72(104)61(35-99)121-84)60(31-45)120-56-14-10-41(28-52(56)87)71(103)69-83(114)96-67(81(112)93-64-43-22-37-21-38(24-43)25-44(64)23-37)48-32-46(100)33-50-63(48)47-26-39(8-12-49(47)85(50,115)116)65(79(110)98-69)95-80(66)111/h8-15,26-33,36-38,43-44,53-54,61,64-74,84,88-90,99-100,102-106,115-116H,6-7,16-25,34-35H2,1-5H3,(H,91,113)(H,93,112)(H,94,109)(H,95,111)(H,96,114)(H,97,108)(H,98,110)(H,92,101,107)/t37?,38?,43?,44?,53-,54+,61-,64?,65-,66-,67+,68-,69+,70-,71-,72-,73+,74-,84+/m1/s1. The van der Waals surface area contributed by atoms with Crippen LogP contribution < -0.4 is 82.2 Å². The summed E-state index contributed by atoms with van der Waals surface area (Å²) in [5.41, 5.74) is -2.34. The summed E-state index contributed by atoms with van der Waals surface area (Å²) in [4.78, 5) is 140. The number of hydrogen-bond acceptors (Lipinski definition) is 27. The molecule has 122 heavy (non-hydrogen) atoms. The Hall–Kier alpha value is -10.3. The Labute approximate surface area is 709 Å². The van der Waals surface area contributed by atoms with E-state index in [0.717, 1.165) is 68.5 Å². The van der Waals surface area contributed by atoms with Gasteiger partial charge in [0.15, 0.2) is 23.0 Å². The van der Waals surface area contributed by atoms with Gasteiger partial charge in [-0.1, -0.05) is 75.2 Å². The Morgan fingerprint density at radius 3 is 1.84 bits per heavy atom. The zero-order valence-corrected chi connectivity index (χ0v) is 68.6. The number of hydrogen-bond donors (Lipinski definition) is 20. The van der Waals surface area contributed by atoms with Crippen LogP contribution in [0.25, 0.3) is 11.1 Å². The molecule has 652 valence electrons. The number of rotatable bonds is 23. The summed E-state index contributed by atoms with van der Waals surface area (Å²) < 4.78 is 37.6. The Kier molecular flexibility index (Phi) is 26.7. The number of aliphatic hydroxyl groups is 8. The number of halogens is 2. The zero-order valence-electron chi connectivity index (χ0n) is 67.1. The molecular formula is C85H99Cl2N11O24. The first-order valence-corrected chi connectivity index (χ1v) is 41.5. The summed E-state index contributed by atoms with van der Waals surface area (Å²) in [6.45, 7) is 8.87. The molecule has 20 N–H and O–H groups in total. The first-order valence-electron chi connectivity index (χ1n) is 40.7. The van der Waals surface area contributed by atoms with Crippen LogP contribution in [0.1, 0.15) is 152 Å². The SMILES string of the molecule is CCNCCOc1ccc(C(=O)NC(=O)C[C@@H]2NC(=O)[C@H](NC(=O)[C@@H](CC(C)C)NC)[C@H](O)c3ccc(c(Cl)c3)Oc3cc4cc(c3O[C@@H]3O[C@H](CO)[C@@H](O)[C@H](O)[C@H]3O)Oc3ccc(cc3Cl)[C@@H](O)[C@@H]3NC(=O)[C@H](NC(=O)[C@@H]4NC2=O)c2ccc4c(c2)-c2c(cc(O)cc2C4(O)O)[C@@H](C(=O)NC2C4CC5CC(C4)CC2C5)NC3=O)cc1OCCNCC. The minimum Gasteiger partial charge on any atom is -0.508 e. The van der Waals surface area contributed by atoms with Gasteiger partial charge in [-0.15, -0.1) is 0 Å². The zero-order chi connectivity index (χ0) is 87.0. The molecule has 1 saturated heterocycles. The highest BCUT2D eigenvalue weighted by Gasteiger charge is 2.52. The van der Waals surface area contributed by atoms with Gasteiger partial charge in [-0.05, 0) is 200 Å². The van der Waals surface area contributed by atoms with E-state index >= 15 is 28.8 Å². The number of aliphatic hydroxyl groups excluding tert-OH is 6. The van der Waals surface area contributed by atoms with Crippen molar-refractivity contribution in [2.45, 2.75) is 170 Å². The van der Waals surface area contributed by atoms with E-state index < -0.39 is 191 Å². The monoisotopic (exact) mass is 1730 g/mol. The van der Waals surface area contributed by atoms with Crippen LogP contribution in [0.4, 0.5) is 0 Å². The van der Waals surface area contributed by atoms with Gasteiger partial charge >= 0.3 is 0 Å². The molecule has 6 aromatic rings. The number of carbonyl (C=O) groups is 9. The quantitative estimate of drug-likeness (QED) is 0.0323. The van der Waals surface area contributed by atoms with Gasteiger partial charge < -0.3 is 128 Å². The van der Waals surface area contributed by atoms with E-state index in [0.29, 0.717) is 38.0 Å². The first-order chi connectivity index (χ1) is 58.3. The number of nitrogens with one attached hydrogen (secondary N) is 11. The lowest BCUT2D eigenvalue weighted by Gasteiger charge is -2.54. The van der Waals surface area contributed by atoms with Gasteiger partial charge in [0.1, 0.15) is 103 Å². The summed E-state index contributed by atoms with van der Waals surface area (Å²) in [7, 11) is 1.48. The lowest BCUT2D eigenvalue weighted by Crippen LogP contribution is -2.60. The molecule has 35 nitrogen and oxygen atoms in total. The Morgan fingerprint density at radius 2 is 1.22 bits per heavy atom. The maximum Gasteiger partial charge on any atom is 0.257 e. The Bertz CT molecular complexity index is 5010. The smallest absolute Gasteiger partial charge is 0.257 e. The third-order valence-electron chi connectivity index (χ3n) is 23.8. The van der Waals surface area contributed by atoms with Crippen molar-refractivity contribution < 1.29 is 118 Å². The van der Waals surface area contributed by atoms with Crippen LogP contribution in [-0.2, 0) is 48.9 Å². The Balaban J connectivity index is 0.940. The van der Waals surface area contributed by atoms with Crippen molar-refractivity contribution in [2.75, 3.05) is 53.0 Å². The highest BCUT2D eigenvalue weighted by molar-refractivity contribution is 6.32. The van der Waals surface area contributed by atoms with Crippen LogP contribution in [0.5, 0.6) is 46.0 Å². The molecule has 0 radical (unpaired) electrons. The fourth-order valence-electron chi connectivity index (χ4n) is 17.8. The van der Waals surface area contributed by atoms with Gasteiger partial charge in [-0.25, -0.2) is 0 Å². The van der Waals surface area contributed by atoms with Crippen LogP contribution in [0, 0.1) is 29.6 Å². The van der Waals surface area contributed by atoms with E-state index in [2.05, 4.69) is 58.5 Å². The average molecular weight is 1730 g/mol. The van der Waals surface area contributed by atoms with E-state index in [9.17, 15) is 60.3 Å². The summed E-state index contributed by atoms with van der Waals surface area (Å²) in [6.07, 6.45) is -10.9. The van der Waals surface area contributed by atoms with Crippen molar-refractivity contribution in [1.29, 1.82) is 0 Å². The predicted molar refractivity (Wildman–Crippen MR) is 434 cm³/mol. The average Bonchev–Trinajstić information content (AvgIpc) is 1.55. The maximum atomic E-state index is 16.6. The topological polar surface area (TPSA) is 523 Å². The molecule has 4 saturated carbocycles. The summed E-state index contributed by atoms with van der Waals surface area (Å²) >= 11 is 14.3. The minimum absolute atomic E-state index is 0.0729. The number of amides is 9. The van der Waals surface area contributed by atoms with Gasteiger partial charge in [0.2, 0.25) is 65.1 Å². The van der Waals surface area contributed by atoms with E-state index in [4.69, 9.17) is 51.6 Å². The number of imide groups is 1. The second-order valence-electron chi connectivity index (χ2n) is 32.5. The van der Waals surface area contributed by atoms with Crippen LogP contribution in [-0.4, -0.2) is 213 Å². The molecule has 14 atom stereocenters. The lowest BCUT2D eigenvalue weighted by atomic mass is 9.54. The number of phenols is 1. The van der Waals surface area contributed by atoms with Crippen molar-refractivity contribution in [3.63, 3.8) is 0 Å². The molecule has 37 heteroatoms. The molecule has 5 fully saturated rings. The summed E-state index contributed by atoms with van der Waals surface area (Å²) in [5.74, 6) is -15.8. The summed E-state index contributed by atoms with van der Waals surface area (Å²) in [5, 5.41) is 136. The van der Waals surface area contributed by atoms with Gasteiger partial charge in [0, 0.05) is 35.8 Å². The van der Waals surface area contributed by atoms with E-state index in [1.54, 1.807) is 0 Å². The highest BCUT2D eigenvalue weighted by atomic mass is 35.5. The molecule has 0 spiro atoms. The predicted octanol–water partition coefficient (Wildman–Crippen LogP) is 2.26. The molecule has 6 heterocycles. The molecule has 11 aliphatic rings. The number of fused-ring (bicyclic) bond motifs is 12. The fourth-order valence-corrected chi connectivity index (χ4v) is 18.3. The van der Waals surface area contributed by atoms with Gasteiger partial charge in [-0.3, -0.25) is 48.5 Å². The van der Waals surface area contributed by atoms with E-state index in [1.807, 2.05) is 27.7 Å². The molecule has 15 bridgehead atoms. The molecule has 17 rings (SSSR count). The van der Waals surface area contributed by atoms with E-state index in [1.165, 1.54) is 67.7 Å². The molecule has 9 amide bonds. The first kappa shape index (κ1) is 88.0. The van der Waals surface area contributed by atoms with Crippen molar-refractivity contribution in [2.24, 2.45) is 29.6 Å². The molecule has 0 unspecified atom stereocenters. The molecule has 6 aromatic carbocycles. The van der Waals surface area contributed by atoms with E-state index in [-0.39, 0.29) is 122 Å². The van der Waals surface area contributed by atoms with Crippen molar-refractivity contribution in [1.82, 2.24) is 58.5 Å². The van der Waals surface area contributed by atoms with Crippen molar-refractivity contribution in [3.05, 3.63) is 152 Å². The number of aromatic hydroxyl groups is 1. The van der Waals surface area contributed by atoms with Crippen LogP contribution >= 0.6 is 23.2 Å². The molecular weight excluding hydrogens is 1630 g/mol. The van der Waals surface area contributed by atoms with Gasteiger partial charge in [0.25, 0.3) is 5.91 Å².